The van der Waals surface area contributed by atoms with Crippen LogP contribution in [0.2, 0.25) is 0 Å². The number of nitrogens with zero attached hydrogens (tertiary/aromatic N) is 2. The Morgan fingerprint density at radius 2 is 2.44 bits per heavy atom. The molecule has 0 bridgehead atoms. The molecular formula is C5H7N2OPd-. The summed E-state index contributed by atoms with van der Waals surface area (Å²) in [5.41, 5.74) is 0.630. The maximum absolute atomic E-state index is 8.81. The summed E-state index contributed by atoms with van der Waals surface area (Å²) in [4.78, 5) is 7.43. The van der Waals surface area contributed by atoms with E-state index in [1.165, 1.54) is 6.33 Å². The van der Waals surface area contributed by atoms with Gasteiger partial charge in [-0.3, -0.25) is 0 Å². The molecule has 0 aliphatic carbocycles. The van der Waals surface area contributed by atoms with Gasteiger partial charge in [0.25, 0.3) is 0 Å². The Balaban J connectivity index is 0.000000640. The first-order valence-corrected chi connectivity index (χ1v) is 2.41. The quantitative estimate of drug-likeness (QED) is 0.679. The second-order valence-corrected chi connectivity index (χ2v) is 1.62. The van der Waals surface area contributed by atoms with Crippen LogP contribution in [0.15, 0.2) is 12.5 Å². The average Bonchev–Trinajstić information content (AvgIpc) is 2.12. The van der Waals surface area contributed by atoms with Crippen LogP contribution in [0, 0.1) is 0 Å². The Morgan fingerprint density at radius 1 is 1.78 bits per heavy atom. The van der Waals surface area contributed by atoms with Crippen molar-refractivity contribution in [2.24, 2.45) is 0 Å². The van der Waals surface area contributed by atoms with E-state index in [-0.39, 0.29) is 20.4 Å². The van der Waals surface area contributed by atoms with Gasteiger partial charge in [0.15, 0.2) is 0 Å². The van der Waals surface area contributed by atoms with Crippen molar-refractivity contribution in [1.29, 1.82) is 0 Å². The molecule has 54 valence electrons. The Hall–Kier alpha value is -0.168. The minimum Gasteiger partial charge on any atom is -0.449 e. The van der Waals surface area contributed by atoms with Crippen molar-refractivity contribution in [2.45, 2.75) is 13.0 Å². The van der Waals surface area contributed by atoms with Gasteiger partial charge in [0, 0.05) is 20.4 Å². The van der Waals surface area contributed by atoms with Crippen molar-refractivity contribution in [3.8, 4) is 0 Å². The van der Waals surface area contributed by atoms with Crippen LogP contribution in [0.3, 0.4) is 0 Å². The standard InChI is InChI=1S/C5H7N2O.Pd/c1-4(8)5-2-6-3-7-5;/h2-4,8H,1H3;/q-1;. The van der Waals surface area contributed by atoms with Crippen LogP contribution in [0.5, 0.6) is 0 Å². The van der Waals surface area contributed by atoms with E-state index < -0.39 is 6.10 Å². The molecule has 9 heavy (non-hydrogen) atoms. The van der Waals surface area contributed by atoms with Crippen LogP contribution in [-0.2, 0) is 20.4 Å². The molecule has 1 atom stereocenters. The van der Waals surface area contributed by atoms with Gasteiger partial charge >= 0.3 is 0 Å². The summed E-state index contributed by atoms with van der Waals surface area (Å²) in [6.07, 6.45) is 2.48. The summed E-state index contributed by atoms with van der Waals surface area (Å²) in [5, 5.41) is 8.81. The van der Waals surface area contributed by atoms with Gasteiger partial charge in [-0.1, -0.05) is 12.5 Å². The molecule has 0 spiro atoms. The topological polar surface area (TPSA) is 47.2 Å². The van der Waals surface area contributed by atoms with Crippen LogP contribution >= 0.6 is 0 Å². The molecule has 0 amide bonds. The van der Waals surface area contributed by atoms with Gasteiger partial charge in [-0.2, -0.15) is 0 Å². The van der Waals surface area contributed by atoms with Gasteiger partial charge in [0.05, 0.1) is 6.10 Å². The van der Waals surface area contributed by atoms with E-state index in [0.29, 0.717) is 5.69 Å². The normalized spacial score (nSPS) is 12.2. The van der Waals surface area contributed by atoms with Gasteiger partial charge in [-0.05, 0) is 12.6 Å². The summed E-state index contributed by atoms with van der Waals surface area (Å²) in [7, 11) is 0. The zero-order valence-corrected chi connectivity index (χ0v) is 6.44. The number of rotatable bonds is 1. The maximum atomic E-state index is 8.81. The van der Waals surface area contributed by atoms with E-state index in [1.807, 2.05) is 0 Å². The molecule has 0 aliphatic heterocycles. The van der Waals surface area contributed by atoms with Crippen molar-refractivity contribution in [1.82, 2.24) is 9.97 Å². The Morgan fingerprint density at radius 3 is 2.67 bits per heavy atom. The number of hydrogen-bond donors (Lipinski definition) is 1. The van der Waals surface area contributed by atoms with Crippen molar-refractivity contribution in [3.63, 3.8) is 0 Å². The van der Waals surface area contributed by atoms with E-state index in [0.717, 1.165) is 0 Å². The fourth-order valence-corrected chi connectivity index (χ4v) is 0.459. The molecule has 0 aliphatic rings. The third-order valence-corrected chi connectivity index (χ3v) is 0.908. The van der Waals surface area contributed by atoms with Gasteiger partial charge in [-0.15, -0.1) is 0 Å². The van der Waals surface area contributed by atoms with E-state index in [9.17, 15) is 0 Å². The van der Waals surface area contributed by atoms with Gasteiger partial charge in [0.2, 0.25) is 0 Å². The SMILES string of the molecule is CC(O)c1c[n-]cn1.[Pd]. The van der Waals surface area contributed by atoms with Crippen LogP contribution in [-0.4, -0.2) is 10.1 Å². The molecule has 1 aromatic rings. The van der Waals surface area contributed by atoms with Crippen LogP contribution in [0.1, 0.15) is 18.7 Å². The summed E-state index contributed by atoms with van der Waals surface area (Å²) in [6, 6.07) is 0. The van der Waals surface area contributed by atoms with Gasteiger partial charge < -0.3 is 15.1 Å². The van der Waals surface area contributed by atoms with E-state index >= 15 is 0 Å². The van der Waals surface area contributed by atoms with Crippen molar-refractivity contribution in [2.75, 3.05) is 0 Å². The molecule has 4 heteroatoms. The molecule has 0 saturated carbocycles. The average molecular weight is 218 g/mol. The predicted molar refractivity (Wildman–Crippen MR) is 28.2 cm³/mol. The van der Waals surface area contributed by atoms with E-state index in [1.54, 1.807) is 13.1 Å². The molecule has 1 N–H and O–H groups in total. The number of aliphatic hydroxyl groups excluding tert-OH is 1. The second kappa shape index (κ2) is 3.78. The summed E-state index contributed by atoms with van der Waals surface area (Å²) >= 11 is 0. The summed E-state index contributed by atoms with van der Waals surface area (Å²) in [5.74, 6) is 0. The first-order chi connectivity index (χ1) is 3.80. The minimum absolute atomic E-state index is 0. The van der Waals surface area contributed by atoms with E-state index in [2.05, 4.69) is 9.97 Å². The second-order valence-electron chi connectivity index (χ2n) is 1.62. The zero-order valence-electron chi connectivity index (χ0n) is 4.89. The first-order valence-electron chi connectivity index (χ1n) is 2.41. The molecule has 1 rings (SSSR count). The van der Waals surface area contributed by atoms with Gasteiger partial charge in [-0.25, -0.2) is 0 Å². The monoisotopic (exact) mass is 217 g/mol. The molecule has 3 nitrogen and oxygen atoms in total. The molecule has 0 aromatic carbocycles. The Kier molecular flexibility index (Phi) is 3.71. The number of aliphatic hydroxyl groups is 1. The number of aromatic nitrogens is 2. The molecule has 0 fully saturated rings. The van der Waals surface area contributed by atoms with Gasteiger partial charge in [0.1, 0.15) is 0 Å². The third-order valence-electron chi connectivity index (χ3n) is 0.908. The van der Waals surface area contributed by atoms with Crippen molar-refractivity contribution >= 4 is 0 Å². The molecule has 1 aromatic heterocycles. The number of imidazole rings is 1. The first kappa shape index (κ1) is 8.83. The summed E-state index contributed by atoms with van der Waals surface area (Å²) in [6.45, 7) is 1.66. The third kappa shape index (κ3) is 2.27. The molecular weight excluding hydrogens is 210 g/mol. The van der Waals surface area contributed by atoms with Crippen LogP contribution in [0.4, 0.5) is 0 Å². The van der Waals surface area contributed by atoms with Crippen molar-refractivity contribution in [3.05, 3.63) is 18.2 Å². The Labute approximate surface area is 67.2 Å². The Bertz CT molecular complexity index is 150. The van der Waals surface area contributed by atoms with Crippen LogP contribution < -0.4 is 4.98 Å². The predicted octanol–water partition coefficient (Wildman–Crippen LogP) is 0.0896. The fourth-order valence-electron chi connectivity index (χ4n) is 0.459. The molecule has 1 heterocycles. The molecule has 0 saturated heterocycles. The smallest absolute Gasteiger partial charge is 0.0721 e. The molecule has 0 radical (unpaired) electrons. The number of hydrogen-bond acceptors (Lipinski definition) is 2. The maximum Gasteiger partial charge on any atom is 0.0721 e. The minimum atomic E-state index is -0.488. The van der Waals surface area contributed by atoms with Crippen LogP contribution in [0.25, 0.3) is 0 Å². The van der Waals surface area contributed by atoms with E-state index in [4.69, 9.17) is 5.11 Å². The van der Waals surface area contributed by atoms with Crippen molar-refractivity contribution < 1.29 is 25.5 Å². The zero-order chi connectivity index (χ0) is 5.98. The molecule has 1 unspecified atom stereocenters. The largest absolute Gasteiger partial charge is 0.449 e. The summed E-state index contributed by atoms with van der Waals surface area (Å²) < 4.78 is 0. The fraction of sp³-hybridized carbons (Fsp3) is 0.400.